The van der Waals surface area contributed by atoms with Crippen LogP contribution in [0, 0.1) is 5.92 Å². The number of amides is 1. The third-order valence-electron chi connectivity index (χ3n) is 3.79. The summed E-state index contributed by atoms with van der Waals surface area (Å²) in [6.45, 7) is 3.58. The summed E-state index contributed by atoms with van der Waals surface area (Å²) in [6.07, 6.45) is 3.83. The number of carbonyl (C=O) groups is 2. The molecule has 0 spiro atoms. The Bertz CT molecular complexity index is 483. The molecule has 1 N–H and O–H groups in total. The first-order chi connectivity index (χ1) is 9.60. The Balaban J connectivity index is 1.94. The highest BCUT2D eigenvalue weighted by Crippen LogP contribution is 2.25. The number of hydrogen-bond acceptors (Lipinski definition) is 3. The fraction of sp³-hybridized carbons (Fsp3) is 0.600. The quantitative estimate of drug-likeness (QED) is 0.908. The van der Waals surface area contributed by atoms with Crippen LogP contribution in [-0.4, -0.2) is 35.0 Å². The molecule has 1 aromatic heterocycles. The second-order valence-electron chi connectivity index (χ2n) is 5.31. The van der Waals surface area contributed by atoms with Crippen molar-refractivity contribution in [1.82, 2.24) is 4.90 Å². The molecule has 4 nitrogen and oxygen atoms in total. The molecule has 0 aromatic carbocycles. The molecule has 2 rings (SSSR count). The van der Waals surface area contributed by atoms with Gasteiger partial charge in [0.05, 0.1) is 4.88 Å². The lowest BCUT2D eigenvalue weighted by Gasteiger charge is -2.32. The van der Waals surface area contributed by atoms with E-state index in [0.717, 1.165) is 30.7 Å². The monoisotopic (exact) mass is 295 g/mol. The minimum absolute atomic E-state index is 0.106. The second-order valence-corrected chi connectivity index (χ2v) is 6.48. The maximum Gasteiger partial charge on any atom is 0.303 e. The number of thiophene rings is 1. The van der Waals surface area contributed by atoms with Gasteiger partial charge in [-0.15, -0.1) is 11.3 Å². The van der Waals surface area contributed by atoms with Crippen LogP contribution in [0.4, 0.5) is 0 Å². The SMILES string of the molecule is CCc1ccc(C(=O)N2CCC[C@H](CCC(=O)O)C2)s1. The van der Waals surface area contributed by atoms with Crippen molar-refractivity contribution in [3.8, 4) is 0 Å². The zero-order valence-electron chi connectivity index (χ0n) is 11.8. The largest absolute Gasteiger partial charge is 0.481 e. The molecule has 2 heterocycles. The highest BCUT2D eigenvalue weighted by Gasteiger charge is 2.25. The van der Waals surface area contributed by atoms with Crippen LogP contribution in [0.15, 0.2) is 12.1 Å². The van der Waals surface area contributed by atoms with Gasteiger partial charge in [-0.2, -0.15) is 0 Å². The molecule has 0 saturated carbocycles. The van der Waals surface area contributed by atoms with Gasteiger partial charge in [0.1, 0.15) is 0 Å². The molecule has 0 unspecified atom stereocenters. The van der Waals surface area contributed by atoms with Crippen LogP contribution in [0.1, 0.15) is 47.2 Å². The Kier molecular flexibility index (Phi) is 5.17. The lowest BCUT2D eigenvalue weighted by atomic mass is 9.93. The Morgan fingerprint density at radius 2 is 2.25 bits per heavy atom. The molecule has 1 fully saturated rings. The molecule has 1 aliphatic rings. The Morgan fingerprint density at radius 1 is 1.45 bits per heavy atom. The van der Waals surface area contributed by atoms with E-state index in [4.69, 9.17) is 5.11 Å². The summed E-state index contributed by atoms with van der Waals surface area (Å²) in [5.74, 6) is -0.316. The molecule has 1 atom stereocenters. The summed E-state index contributed by atoms with van der Waals surface area (Å²) in [5.41, 5.74) is 0. The molecule has 110 valence electrons. The minimum atomic E-state index is -0.751. The van der Waals surface area contributed by atoms with E-state index in [-0.39, 0.29) is 12.3 Å². The molecule has 20 heavy (non-hydrogen) atoms. The maximum atomic E-state index is 12.4. The highest BCUT2D eigenvalue weighted by atomic mass is 32.1. The van der Waals surface area contributed by atoms with E-state index in [9.17, 15) is 9.59 Å². The summed E-state index contributed by atoms with van der Waals surface area (Å²) in [7, 11) is 0. The average molecular weight is 295 g/mol. The predicted molar refractivity (Wildman–Crippen MR) is 79.2 cm³/mol. The van der Waals surface area contributed by atoms with Crippen LogP contribution >= 0.6 is 11.3 Å². The van der Waals surface area contributed by atoms with Gasteiger partial charge in [0, 0.05) is 24.4 Å². The highest BCUT2D eigenvalue weighted by molar-refractivity contribution is 7.14. The van der Waals surface area contributed by atoms with Crippen molar-refractivity contribution in [3.05, 3.63) is 21.9 Å². The smallest absolute Gasteiger partial charge is 0.303 e. The Morgan fingerprint density at radius 3 is 2.90 bits per heavy atom. The van der Waals surface area contributed by atoms with Crippen LogP contribution in [0.2, 0.25) is 0 Å². The first kappa shape index (κ1) is 15.0. The first-order valence-electron chi connectivity index (χ1n) is 7.20. The van der Waals surface area contributed by atoms with Gasteiger partial charge in [0.15, 0.2) is 0 Å². The number of piperidine rings is 1. The second kappa shape index (κ2) is 6.88. The summed E-state index contributed by atoms with van der Waals surface area (Å²) in [6, 6.07) is 3.93. The molecule has 1 amide bonds. The van der Waals surface area contributed by atoms with Crippen molar-refractivity contribution in [2.45, 2.75) is 39.0 Å². The van der Waals surface area contributed by atoms with Crippen molar-refractivity contribution >= 4 is 23.2 Å². The Labute approximate surface area is 123 Å². The average Bonchev–Trinajstić information content (AvgIpc) is 2.93. The minimum Gasteiger partial charge on any atom is -0.481 e. The van der Waals surface area contributed by atoms with Gasteiger partial charge in [-0.05, 0) is 43.7 Å². The summed E-state index contributed by atoms with van der Waals surface area (Å²) >= 11 is 1.57. The van der Waals surface area contributed by atoms with E-state index in [0.29, 0.717) is 18.9 Å². The summed E-state index contributed by atoms with van der Waals surface area (Å²) < 4.78 is 0. The molecular weight excluding hydrogens is 274 g/mol. The number of nitrogens with zero attached hydrogens (tertiary/aromatic N) is 1. The molecule has 0 aliphatic carbocycles. The summed E-state index contributed by atoms with van der Waals surface area (Å²) in [4.78, 5) is 27.0. The first-order valence-corrected chi connectivity index (χ1v) is 8.01. The molecule has 0 bridgehead atoms. The number of likely N-dealkylation sites (tertiary alicyclic amines) is 1. The van der Waals surface area contributed by atoms with Gasteiger partial charge in [-0.3, -0.25) is 9.59 Å². The van der Waals surface area contributed by atoms with Crippen LogP contribution in [0.5, 0.6) is 0 Å². The molecule has 5 heteroatoms. The fourth-order valence-corrected chi connectivity index (χ4v) is 3.57. The van der Waals surface area contributed by atoms with Crippen molar-refractivity contribution in [1.29, 1.82) is 0 Å². The number of carbonyl (C=O) groups excluding carboxylic acids is 1. The third kappa shape index (κ3) is 3.82. The molecule has 1 aromatic rings. The van der Waals surface area contributed by atoms with Crippen LogP contribution in [0.25, 0.3) is 0 Å². The Hall–Kier alpha value is -1.36. The predicted octanol–water partition coefficient (Wildman–Crippen LogP) is 3.03. The summed E-state index contributed by atoms with van der Waals surface area (Å²) in [5, 5.41) is 8.75. The number of carboxylic acid groups (broad SMARTS) is 1. The maximum absolute atomic E-state index is 12.4. The van der Waals surface area contributed by atoms with E-state index in [2.05, 4.69) is 6.92 Å². The topological polar surface area (TPSA) is 57.6 Å². The number of hydrogen-bond donors (Lipinski definition) is 1. The number of carboxylic acids is 1. The fourth-order valence-electron chi connectivity index (χ4n) is 2.65. The van der Waals surface area contributed by atoms with Crippen LogP contribution in [0.3, 0.4) is 0 Å². The van der Waals surface area contributed by atoms with Gasteiger partial charge < -0.3 is 10.0 Å². The normalized spacial score (nSPS) is 19.1. The molecular formula is C15H21NO3S. The van der Waals surface area contributed by atoms with Gasteiger partial charge in [0.2, 0.25) is 0 Å². The van der Waals surface area contributed by atoms with Crippen molar-refractivity contribution < 1.29 is 14.7 Å². The zero-order valence-corrected chi connectivity index (χ0v) is 12.6. The molecule has 1 aliphatic heterocycles. The zero-order chi connectivity index (χ0) is 14.5. The van der Waals surface area contributed by atoms with Gasteiger partial charge in [0.25, 0.3) is 5.91 Å². The number of aliphatic carboxylic acids is 1. The van der Waals surface area contributed by atoms with Gasteiger partial charge >= 0.3 is 5.97 Å². The van der Waals surface area contributed by atoms with Gasteiger partial charge in [-0.25, -0.2) is 0 Å². The van der Waals surface area contributed by atoms with Crippen molar-refractivity contribution in [3.63, 3.8) is 0 Å². The van der Waals surface area contributed by atoms with Gasteiger partial charge in [-0.1, -0.05) is 6.92 Å². The van der Waals surface area contributed by atoms with Crippen molar-refractivity contribution in [2.24, 2.45) is 5.92 Å². The number of aryl methyl sites for hydroxylation is 1. The molecule has 0 radical (unpaired) electrons. The van der Waals surface area contributed by atoms with E-state index >= 15 is 0 Å². The van der Waals surface area contributed by atoms with Crippen LogP contribution < -0.4 is 0 Å². The van der Waals surface area contributed by atoms with Crippen LogP contribution in [-0.2, 0) is 11.2 Å². The standard InChI is InChI=1S/C15H21NO3S/c1-2-12-6-7-13(20-12)15(19)16-9-3-4-11(10-16)5-8-14(17)18/h6-7,11H,2-5,8-10H2,1H3,(H,17,18)/t11-/m1/s1. The van der Waals surface area contributed by atoms with E-state index in [1.165, 1.54) is 4.88 Å². The molecule has 1 saturated heterocycles. The lowest BCUT2D eigenvalue weighted by Crippen LogP contribution is -2.39. The lowest BCUT2D eigenvalue weighted by molar-refractivity contribution is -0.137. The van der Waals surface area contributed by atoms with E-state index in [1.54, 1.807) is 11.3 Å². The van der Waals surface area contributed by atoms with E-state index in [1.807, 2.05) is 17.0 Å². The third-order valence-corrected chi connectivity index (χ3v) is 5.01. The number of rotatable bonds is 5. The van der Waals surface area contributed by atoms with Crippen molar-refractivity contribution in [2.75, 3.05) is 13.1 Å². The van der Waals surface area contributed by atoms with E-state index < -0.39 is 5.97 Å².